The first-order chi connectivity index (χ1) is 11.2. The predicted molar refractivity (Wildman–Crippen MR) is 104 cm³/mol. The van der Waals surface area contributed by atoms with Crippen LogP contribution in [0.2, 0.25) is 0 Å². The summed E-state index contributed by atoms with van der Waals surface area (Å²) in [5.41, 5.74) is 1.92. The lowest BCUT2D eigenvalue weighted by molar-refractivity contribution is -0.114. The summed E-state index contributed by atoms with van der Waals surface area (Å²) in [6, 6.07) is 12.2. The molecule has 0 saturated carbocycles. The van der Waals surface area contributed by atoms with Gasteiger partial charge in [-0.1, -0.05) is 37.9 Å². The Kier molecular flexibility index (Phi) is 6.06. The van der Waals surface area contributed by atoms with Crippen LogP contribution >= 0.6 is 31.9 Å². The Balaban J connectivity index is 2.23. The number of nitrogens with one attached hydrogen (secondary N) is 1. The van der Waals surface area contributed by atoms with Crippen LogP contribution < -0.4 is 9.62 Å². The Morgan fingerprint density at radius 1 is 1.17 bits per heavy atom. The molecule has 0 fully saturated rings. The van der Waals surface area contributed by atoms with Crippen LogP contribution in [0.4, 0.5) is 11.4 Å². The lowest BCUT2D eigenvalue weighted by Crippen LogP contribution is -2.37. The van der Waals surface area contributed by atoms with Gasteiger partial charge in [0, 0.05) is 14.6 Å². The van der Waals surface area contributed by atoms with Gasteiger partial charge in [0.1, 0.15) is 6.54 Å². The first kappa shape index (κ1) is 19.0. The largest absolute Gasteiger partial charge is 0.324 e. The average molecular weight is 476 g/mol. The minimum Gasteiger partial charge on any atom is -0.324 e. The normalized spacial score (nSPS) is 11.2. The molecule has 2 rings (SSSR count). The first-order valence-corrected chi connectivity index (χ1v) is 10.4. The van der Waals surface area contributed by atoms with Gasteiger partial charge in [-0.3, -0.25) is 9.10 Å². The van der Waals surface area contributed by atoms with Gasteiger partial charge in [-0.2, -0.15) is 0 Å². The van der Waals surface area contributed by atoms with E-state index in [1.807, 2.05) is 13.0 Å². The topological polar surface area (TPSA) is 66.5 Å². The summed E-state index contributed by atoms with van der Waals surface area (Å²) >= 11 is 6.70. The van der Waals surface area contributed by atoms with Crippen LogP contribution in [0.15, 0.2) is 51.4 Å². The maximum atomic E-state index is 12.3. The molecule has 2 aromatic rings. The van der Waals surface area contributed by atoms with E-state index in [2.05, 4.69) is 37.2 Å². The molecule has 128 valence electrons. The van der Waals surface area contributed by atoms with Crippen LogP contribution in [-0.2, 0) is 14.8 Å². The number of carbonyl (C=O) groups is 1. The lowest BCUT2D eigenvalue weighted by Gasteiger charge is -2.22. The molecule has 1 amide bonds. The number of benzene rings is 2. The van der Waals surface area contributed by atoms with E-state index in [0.717, 1.165) is 25.1 Å². The summed E-state index contributed by atoms with van der Waals surface area (Å²) in [5.74, 6) is -0.418. The van der Waals surface area contributed by atoms with E-state index in [9.17, 15) is 13.2 Å². The minimum absolute atomic E-state index is 0.299. The highest BCUT2D eigenvalue weighted by atomic mass is 79.9. The van der Waals surface area contributed by atoms with Gasteiger partial charge in [0.2, 0.25) is 15.9 Å². The number of sulfonamides is 1. The van der Waals surface area contributed by atoms with Crippen LogP contribution in [0, 0.1) is 6.92 Å². The predicted octanol–water partition coefficient (Wildman–Crippen LogP) is 3.92. The summed E-state index contributed by atoms with van der Waals surface area (Å²) in [7, 11) is -3.60. The van der Waals surface area contributed by atoms with Gasteiger partial charge in [0.25, 0.3) is 0 Å². The zero-order chi connectivity index (χ0) is 17.9. The summed E-state index contributed by atoms with van der Waals surface area (Å²) in [5, 5.41) is 2.70. The van der Waals surface area contributed by atoms with E-state index in [0.29, 0.717) is 11.4 Å². The molecule has 0 aliphatic rings. The molecule has 0 unspecified atom stereocenters. The van der Waals surface area contributed by atoms with Gasteiger partial charge in [-0.25, -0.2) is 8.42 Å². The second-order valence-corrected chi connectivity index (χ2v) is 8.94. The fourth-order valence-corrected chi connectivity index (χ4v) is 3.58. The van der Waals surface area contributed by atoms with E-state index in [4.69, 9.17) is 0 Å². The molecule has 24 heavy (non-hydrogen) atoms. The lowest BCUT2D eigenvalue weighted by atomic mass is 10.2. The van der Waals surface area contributed by atoms with E-state index < -0.39 is 15.9 Å². The van der Waals surface area contributed by atoms with Crippen LogP contribution in [0.5, 0.6) is 0 Å². The highest BCUT2D eigenvalue weighted by Gasteiger charge is 2.21. The van der Waals surface area contributed by atoms with Crippen LogP contribution in [0.25, 0.3) is 0 Å². The molecule has 0 atom stereocenters. The standard InChI is InChI=1S/C16H16Br2N2O3S/c1-11-8-14(6-7-15(11)18)20(24(2,22)23)10-16(21)19-13-5-3-4-12(17)9-13/h3-9H,10H2,1-2H3,(H,19,21). The molecule has 5 nitrogen and oxygen atoms in total. The smallest absolute Gasteiger partial charge is 0.245 e. The second kappa shape index (κ2) is 7.67. The SMILES string of the molecule is Cc1cc(N(CC(=O)Nc2cccc(Br)c2)S(C)(=O)=O)ccc1Br. The van der Waals surface area contributed by atoms with Crippen molar-refractivity contribution in [2.24, 2.45) is 0 Å². The summed E-state index contributed by atoms with van der Waals surface area (Å²) in [6.07, 6.45) is 1.08. The molecule has 0 aromatic heterocycles. The molecular formula is C16H16Br2N2O3S. The van der Waals surface area contributed by atoms with Crippen LogP contribution in [-0.4, -0.2) is 27.1 Å². The van der Waals surface area contributed by atoms with Crippen molar-refractivity contribution < 1.29 is 13.2 Å². The number of anilines is 2. The van der Waals surface area contributed by atoms with Crippen molar-refractivity contribution in [3.05, 3.63) is 57.0 Å². The monoisotopic (exact) mass is 474 g/mol. The summed E-state index contributed by atoms with van der Waals surface area (Å²) < 4.78 is 27.0. The minimum atomic E-state index is -3.60. The zero-order valence-corrected chi connectivity index (χ0v) is 17.1. The third kappa shape index (κ3) is 5.06. The fraction of sp³-hybridized carbons (Fsp3) is 0.188. The number of amides is 1. The highest BCUT2D eigenvalue weighted by molar-refractivity contribution is 9.10. The third-order valence-electron chi connectivity index (χ3n) is 3.23. The molecule has 8 heteroatoms. The Labute approximate surface area is 158 Å². The number of carbonyl (C=O) groups excluding carboxylic acids is 1. The summed E-state index contributed by atoms with van der Waals surface area (Å²) in [6.45, 7) is 1.56. The molecule has 0 saturated heterocycles. The van der Waals surface area contributed by atoms with E-state index in [1.165, 1.54) is 0 Å². The molecular weight excluding hydrogens is 460 g/mol. The van der Waals surface area contributed by atoms with Crippen LogP contribution in [0.3, 0.4) is 0 Å². The molecule has 0 aliphatic heterocycles. The quantitative estimate of drug-likeness (QED) is 0.712. The third-order valence-corrected chi connectivity index (χ3v) is 5.75. The van der Waals surface area contributed by atoms with Gasteiger partial charge >= 0.3 is 0 Å². The number of hydrogen-bond acceptors (Lipinski definition) is 3. The number of rotatable bonds is 5. The van der Waals surface area contributed by atoms with Crippen molar-refractivity contribution in [3.63, 3.8) is 0 Å². The molecule has 0 radical (unpaired) electrons. The second-order valence-electron chi connectivity index (χ2n) is 5.26. The number of aryl methyl sites for hydroxylation is 1. The maximum absolute atomic E-state index is 12.3. The van der Waals surface area contributed by atoms with Crippen molar-refractivity contribution in [3.8, 4) is 0 Å². The molecule has 0 spiro atoms. The van der Waals surface area contributed by atoms with Crippen molar-refractivity contribution >= 4 is 59.2 Å². The van der Waals surface area contributed by atoms with E-state index >= 15 is 0 Å². The Hall–Kier alpha value is -1.38. The number of hydrogen-bond donors (Lipinski definition) is 1. The van der Waals surface area contributed by atoms with Crippen LogP contribution in [0.1, 0.15) is 5.56 Å². The van der Waals surface area contributed by atoms with Crippen molar-refractivity contribution in [1.82, 2.24) is 0 Å². The number of halogens is 2. The van der Waals surface area contributed by atoms with Crippen molar-refractivity contribution in [2.75, 3.05) is 22.4 Å². The molecule has 0 bridgehead atoms. The molecule has 2 aromatic carbocycles. The maximum Gasteiger partial charge on any atom is 0.245 e. The Morgan fingerprint density at radius 3 is 2.46 bits per heavy atom. The average Bonchev–Trinajstić information content (AvgIpc) is 2.47. The molecule has 0 heterocycles. The van der Waals surface area contributed by atoms with Gasteiger partial charge in [0.15, 0.2) is 0 Å². The molecule has 1 N–H and O–H groups in total. The summed E-state index contributed by atoms with van der Waals surface area (Å²) in [4.78, 5) is 12.3. The van der Waals surface area contributed by atoms with E-state index in [1.54, 1.807) is 36.4 Å². The molecule has 0 aliphatic carbocycles. The van der Waals surface area contributed by atoms with Gasteiger partial charge < -0.3 is 5.32 Å². The highest BCUT2D eigenvalue weighted by Crippen LogP contribution is 2.24. The fourth-order valence-electron chi connectivity index (χ4n) is 2.08. The Morgan fingerprint density at radius 2 is 1.88 bits per heavy atom. The zero-order valence-electron chi connectivity index (χ0n) is 13.1. The first-order valence-electron chi connectivity index (χ1n) is 6.96. The van der Waals surface area contributed by atoms with E-state index in [-0.39, 0.29) is 6.54 Å². The van der Waals surface area contributed by atoms with Crippen molar-refractivity contribution in [2.45, 2.75) is 6.92 Å². The number of nitrogens with zero attached hydrogens (tertiary/aromatic N) is 1. The van der Waals surface area contributed by atoms with Crippen molar-refractivity contribution in [1.29, 1.82) is 0 Å². The van der Waals surface area contributed by atoms with Gasteiger partial charge in [0.05, 0.1) is 11.9 Å². The van der Waals surface area contributed by atoms with Gasteiger partial charge in [-0.15, -0.1) is 0 Å². The Bertz CT molecular complexity index is 869. The van der Waals surface area contributed by atoms with Gasteiger partial charge in [-0.05, 0) is 48.9 Å².